The molecule has 11 heteroatoms. The van der Waals surface area contributed by atoms with Crippen molar-refractivity contribution in [1.82, 2.24) is 9.97 Å². The van der Waals surface area contributed by atoms with Gasteiger partial charge >= 0.3 is 18.1 Å². The Morgan fingerprint density at radius 1 is 1.24 bits per heavy atom. The molecule has 0 aliphatic rings. The fraction of sp³-hybridized carbons (Fsp3) is 0.571. The van der Waals surface area contributed by atoms with Gasteiger partial charge in [-0.25, -0.2) is 19.6 Å². The van der Waals surface area contributed by atoms with Crippen LogP contribution < -0.4 is 5.32 Å². The van der Waals surface area contributed by atoms with Crippen molar-refractivity contribution in [3.05, 3.63) is 17.5 Å². The highest BCUT2D eigenvalue weighted by Crippen LogP contribution is 2.21. The monoisotopic (exact) mass is 367 g/mol. The fourth-order valence-corrected chi connectivity index (χ4v) is 1.44. The molecule has 0 saturated heterocycles. The number of aliphatic hydroxyl groups excluding tert-OH is 1. The maximum Gasteiger partial charge on any atom is 0.490 e. The van der Waals surface area contributed by atoms with Crippen LogP contribution in [0, 0.1) is 12.3 Å². The molecule has 1 aromatic rings. The van der Waals surface area contributed by atoms with E-state index < -0.39 is 18.1 Å². The Labute approximate surface area is 141 Å². The first-order valence-corrected chi connectivity index (χ1v) is 6.94. The van der Waals surface area contributed by atoms with E-state index in [0.29, 0.717) is 11.6 Å². The Bertz CT molecular complexity index is 615. The lowest BCUT2D eigenvalue weighted by atomic mass is 9.87. The minimum Gasteiger partial charge on any atom is -0.478 e. The first-order valence-electron chi connectivity index (χ1n) is 6.94. The SMILES string of the molecule is Cc1nc(NC(CO)C(C)(C)C)ncc1C(=O)O.O=C(O)C(F)(F)F. The van der Waals surface area contributed by atoms with Crippen LogP contribution in [0.4, 0.5) is 19.1 Å². The molecule has 25 heavy (non-hydrogen) atoms. The average molecular weight is 367 g/mol. The van der Waals surface area contributed by atoms with Crippen molar-refractivity contribution in [2.45, 2.75) is 39.9 Å². The summed E-state index contributed by atoms with van der Waals surface area (Å²) in [6.07, 6.45) is -3.82. The number of hydrogen-bond donors (Lipinski definition) is 4. The van der Waals surface area contributed by atoms with E-state index in [0.717, 1.165) is 0 Å². The molecule has 0 saturated carbocycles. The minimum absolute atomic E-state index is 0.0490. The largest absolute Gasteiger partial charge is 0.490 e. The van der Waals surface area contributed by atoms with Crippen molar-refractivity contribution < 1.29 is 38.1 Å². The number of alkyl halides is 3. The minimum atomic E-state index is -5.08. The van der Waals surface area contributed by atoms with Crippen molar-refractivity contribution in [1.29, 1.82) is 0 Å². The zero-order chi connectivity index (χ0) is 20.0. The number of nitrogens with one attached hydrogen (secondary N) is 1. The van der Waals surface area contributed by atoms with Gasteiger partial charge in [-0.1, -0.05) is 20.8 Å². The van der Waals surface area contributed by atoms with Gasteiger partial charge < -0.3 is 20.6 Å². The summed E-state index contributed by atoms with van der Waals surface area (Å²) in [5, 5.41) is 28.3. The number of halogens is 3. The highest BCUT2D eigenvalue weighted by molar-refractivity contribution is 5.88. The summed E-state index contributed by atoms with van der Waals surface area (Å²) in [5.41, 5.74) is 0.319. The average Bonchev–Trinajstić information content (AvgIpc) is 2.42. The number of carboxylic acids is 2. The first-order chi connectivity index (χ1) is 11.2. The third-order valence-electron chi connectivity index (χ3n) is 2.98. The Hall–Kier alpha value is -2.43. The molecule has 0 fully saturated rings. The van der Waals surface area contributed by atoms with E-state index in [9.17, 15) is 23.1 Å². The van der Waals surface area contributed by atoms with Gasteiger partial charge in [0, 0.05) is 6.20 Å². The molecule has 1 rings (SSSR count). The topological polar surface area (TPSA) is 133 Å². The number of aromatic carboxylic acids is 1. The normalized spacial score (nSPS) is 12.6. The smallest absolute Gasteiger partial charge is 0.478 e. The second-order valence-corrected chi connectivity index (χ2v) is 6.05. The molecule has 1 atom stereocenters. The van der Waals surface area contributed by atoms with Crippen LogP contribution in [0.3, 0.4) is 0 Å². The third kappa shape index (κ3) is 7.79. The van der Waals surface area contributed by atoms with Gasteiger partial charge in [0.15, 0.2) is 0 Å². The van der Waals surface area contributed by atoms with E-state index in [4.69, 9.17) is 15.0 Å². The van der Waals surface area contributed by atoms with Crippen molar-refractivity contribution >= 4 is 17.9 Å². The lowest BCUT2D eigenvalue weighted by Gasteiger charge is -2.29. The summed E-state index contributed by atoms with van der Waals surface area (Å²) in [7, 11) is 0. The molecule has 4 N–H and O–H groups in total. The highest BCUT2D eigenvalue weighted by atomic mass is 19.4. The highest BCUT2D eigenvalue weighted by Gasteiger charge is 2.38. The summed E-state index contributed by atoms with van der Waals surface area (Å²) in [5.74, 6) is -3.48. The number of hydrogen-bond acceptors (Lipinski definition) is 6. The van der Waals surface area contributed by atoms with E-state index in [1.165, 1.54) is 6.20 Å². The molecule has 1 aromatic heterocycles. The molecule has 0 aliphatic heterocycles. The van der Waals surface area contributed by atoms with Crippen molar-refractivity contribution in [2.24, 2.45) is 5.41 Å². The Balaban J connectivity index is 0.000000697. The van der Waals surface area contributed by atoms with Crippen LogP contribution in [0.1, 0.15) is 36.8 Å². The molecule has 142 valence electrons. The molecule has 0 amide bonds. The number of carbonyl (C=O) groups is 2. The fourth-order valence-electron chi connectivity index (χ4n) is 1.44. The maximum absolute atomic E-state index is 10.8. The molecule has 8 nitrogen and oxygen atoms in total. The van der Waals surface area contributed by atoms with Gasteiger partial charge in [-0.2, -0.15) is 13.2 Å². The first kappa shape index (κ1) is 22.6. The van der Waals surface area contributed by atoms with Gasteiger partial charge in [-0.05, 0) is 12.3 Å². The van der Waals surface area contributed by atoms with Crippen LogP contribution in [-0.2, 0) is 4.79 Å². The maximum atomic E-state index is 10.8. The summed E-state index contributed by atoms with van der Waals surface area (Å²) in [6.45, 7) is 7.52. The molecule has 1 heterocycles. The Kier molecular flexibility index (Phi) is 7.77. The quantitative estimate of drug-likeness (QED) is 0.635. The van der Waals surface area contributed by atoms with Crippen LogP contribution in [0.25, 0.3) is 0 Å². The van der Waals surface area contributed by atoms with Crippen molar-refractivity contribution in [3.63, 3.8) is 0 Å². The van der Waals surface area contributed by atoms with Gasteiger partial charge in [-0.15, -0.1) is 0 Å². The van der Waals surface area contributed by atoms with E-state index in [2.05, 4.69) is 15.3 Å². The van der Waals surface area contributed by atoms with Crippen LogP contribution in [-0.4, -0.2) is 56.1 Å². The Morgan fingerprint density at radius 2 is 1.72 bits per heavy atom. The van der Waals surface area contributed by atoms with Gasteiger partial charge in [0.2, 0.25) is 5.95 Å². The van der Waals surface area contributed by atoms with Gasteiger partial charge in [0.1, 0.15) is 0 Å². The van der Waals surface area contributed by atoms with Crippen LogP contribution in [0.5, 0.6) is 0 Å². The van der Waals surface area contributed by atoms with E-state index in [1.54, 1.807) is 6.92 Å². The van der Waals surface area contributed by atoms with Gasteiger partial charge in [0.25, 0.3) is 0 Å². The van der Waals surface area contributed by atoms with Crippen molar-refractivity contribution in [2.75, 3.05) is 11.9 Å². The van der Waals surface area contributed by atoms with E-state index >= 15 is 0 Å². The van der Waals surface area contributed by atoms with Gasteiger partial charge in [-0.3, -0.25) is 0 Å². The number of aryl methyl sites for hydroxylation is 1. The van der Waals surface area contributed by atoms with Crippen molar-refractivity contribution in [3.8, 4) is 0 Å². The van der Waals surface area contributed by atoms with Gasteiger partial charge in [0.05, 0.1) is 23.9 Å². The van der Waals surface area contributed by atoms with Crippen LogP contribution >= 0.6 is 0 Å². The lowest BCUT2D eigenvalue weighted by molar-refractivity contribution is -0.192. The molecule has 0 aromatic carbocycles. The molecule has 0 bridgehead atoms. The predicted octanol–water partition coefficient (Wildman–Crippen LogP) is 1.94. The summed E-state index contributed by atoms with van der Waals surface area (Å²) < 4.78 is 31.7. The number of nitrogens with zero attached hydrogens (tertiary/aromatic N) is 2. The second kappa shape index (κ2) is 8.60. The standard InChI is InChI=1S/C12H19N3O3.C2HF3O2/c1-7-8(10(17)18)5-13-11(14-7)15-9(6-16)12(2,3)4;3-2(4,5)1(6)7/h5,9,16H,6H2,1-4H3,(H,17,18)(H,13,14,15);(H,6,7). The summed E-state index contributed by atoms with van der Waals surface area (Å²) in [6, 6.07) is -0.201. The molecule has 0 spiro atoms. The number of rotatable bonds is 4. The number of aromatic nitrogens is 2. The number of aliphatic hydroxyl groups is 1. The third-order valence-corrected chi connectivity index (χ3v) is 2.98. The Morgan fingerprint density at radius 3 is 2.00 bits per heavy atom. The molecule has 0 radical (unpaired) electrons. The summed E-state index contributed by atoms with van der Waals surface area (Å²) in [4.78, 5) is 27.8. The van der Waals surface area contributed by atoms with E-state index in [-0.39, 0.29) is 23.6 Å². The van der Waals surface area contributed by atoms with Crippen LogP contribution in [0.15, 0.2) is 6.20 Å². The number of anilines is 1. The lowest BCUT2D eigenvalue weighted by Crippen LogP contribution is -2.37. The zero-order valence-corrected chi connectivity index (χ0v) is 14.0. The van der Waals surface area contributed by atoms with Crippen LogP contribution in [0.2, 0.25) is 0 Å². The number of carboxylic acid groups (broad SMARTS) is 2. The molecule has 1 unspecified atom stereocenters. The van der Waals surface area contributed by atoms with E-state index in [1.807, 2.05) is 20.8 Å². The second-order valence-electron chi connectivity index (χ2n) is 6.05. The molecular formula is C14H20F3N3O5. The summed E-state index contributed by atoms with van der Waals surface area (Å²) >= 11 is 0. The zero-order valence-electron chi connectivity index (χ0n) is 14.0. The molecular weight excluding hydrogens is 347 g/mol. The molecule has 0 aliphatic carbocycles. The number of aliphatic carboxylic acids is 1. The predicted molar refractivity (Wildman–Crippen MR) is 81.4 cm³/mol.